The maximum absolute atomic E-state index is 12.2. The van der Waals surface area contributed by atoms with Crippen LogP contribution in [0.15, 0.2) is 45.3 Å². The lowest BCUT2D eigenvalue weighted by Crippen LogP contribution is -2.29. The zero-order valence-electron chi connectivity index (χ0n) is 17.7. The smallest absolute Gasteiger partial charge is 0.257 e. The summed E-state index contributed by atoms with van der Waals surface area (Å²) in [5.41, 5.74) is 2.21. The normalized spacial score (nSPS) is 11.3. The summed E-state index contributed by atoms with van der Waals surface area (Å²) in [6.45, 7) is 2.12. The number of benzene rings is 1. The lowest BCUT2D eigenvalue weighted by atomic mass is 10.3. The van der Waals surface area contributed by atoms with Gasteiger partial charge in [-0.2, -0.15) is 5.10 Å². The quantitative estimate of drug-likeness (QED) is 0.191. The molecule has 0 unspecified atom stereocenters. The van der Waals surface area contributed by atoms with Crippen molar-refractivity contribution in [2.45, 2.75) is 16.9 Å². The Labute approximate surface area is 192 Å². The molecule has 168 valence electrons. The second-order valence-corrected chi connectivity index (χ2v) is 8.37. The molecule has 12 heteroatoms. The molecular formula is C20H23N7O3S2. The lowest BCUT2D eigenvalue weighted by Gasteiger charge is -2.09. The molecule has 0 aliphatic rings. The van der Waals surface area contributed by atoms with Gasteiger partial charge in [-0.05, 0) is 18.4 Å². The Morgan fingerprint density at radius 3 is 2.91 bits per heavy atom. The SMILES string of the molecule is COCCNc1nc(SC)nc2c1cnn2CCNC(=O)CSc1nc2ccccc2o1. The highest BCUT2D eigenvalue weighted by molar-refractivity contribution is 7.99. The number of carbonyl (C=O) groups is 1. The zero-order valence-corrected chi connectivity index (χ0v) is 19.3. The number of para-hydroxylation sites is 2. The van der Waals surface area contributed by atoms with Gasteiger partial charge in [0, 0.05) is 20.2 Å². The number of carbonyl (C=O) groups excluding carboxylic acids is 1. The molecule has 0 aliphatic carbocycles. The lowest BCUT2D eigenvalue weighted by molar-refractivity contribution is -0.118. The summed E-state index contributed by atoms with van der Waals surface area (Å²) in [6, 6.07) is 7.52. The molecule has 0 fully saturated rings. The van der Waals surface area contributed by atoms with Crippen LogP contribution in [0.5, 0.6) is 0 Å². The third-order valence-corrected chi connectivity index (χ3v) is 5.88. The maximum atomic E-state index is 12.2. The van der Waals surface area contributed by atoms with Gasteiger partial charge in [0.2, 0.25) is 5.91 Å². The number of fused-ring (bicyclic) bond motifs is 2. The molecule has 4 aromatic rings. The van der Waals surface area contributed by atoms with E-state index >= 15 is 0 Å². The Morgan fingerprint density at radius 2 is 2.09 bits per heavy atom. The van der Waals surface area contributed by atoms with Crippen LogP contribution in [0.3, 0.4) is 0 Å². The third-order valence-electron chi connectivity index (χ3n) is 4.50. The van der Waals surface area contributed by atoms with Gasteiger partial charge in [-0.15, -0.1) is 0 Å². The summed E-state index contributed by atoms with van der Waals surface area (Å²) >= 11 is 2.73. The number of rotatable bonds is 11. The van der Waals surface area contributed by atoms with Crippen molar-refractivity contribution in [2.75, 3.05) is 44.1 Å². The predicted octanol–water partition coefficient (Wildman–Crippen LogP) is 2.66. The minimum atomic E-state index is -0.102. The zero-order chi connectivity index (χ0) is 22.3. The van der Waals surface area contributed by atoms with Gasteiger partial charge >= 0.3 is 0 Å². The first-order chi connectivity index (χ1) is 15.7. The fraction of sp³-hybridized carbons (Fsp3) is 0.350. The number of hydrogen-bond acceptors (Lipinski definition) is 10. The average molecular weight is 474 g/mol. The molecule has 0 aliphatic heterocycles. The van der Waals surface area contributed by atoms with E-state index in [0.717, 1.165) is 22.4 Å². The summed E-state index contributed by atoms with van der Waals surface area (Å²) < 4.78 is 12.5. The first-order valence-corrected chi connectivity index (χ1v) is 12.1. The van der Waals surface area contributed by atoms with E-state index in [9.17, 15) is 4.79 Å². The van der Waals surface area contributed by atoms with E-state index in [4.69, 9.17) is 9.15 Å². The van der Waals surface area contributed by atoms with E-state index in [1.807, 2.05) is 30.5 Å². The molecule has 0 saturated carbocycles. The number of hydrogen-bond donors (Lipinski definition) is 2. The Morgan fingerprint density at radius 1 is 1.22 bits per heavy atom. The maximum Gasteiger partial charge on any atom is 0.257 e. The number of aromatic nitrogens is 5. The van der Waals surface area contributed by atoms with E-state index in [0.29, 0.717) is 42.2 Å². The topological polar surface area (TPSA) is 120 Å². The molecule has 1 aromatic carbocycles. The highest BCUT2D eigenvalue weighted by Crippen LogP contribution is 2.24. The Kier molecular flexibility index (Phi) is 7.45. The van der Waals surface area contributed by atoms with Gasteiger partial charge in [0.25, 0.3) is 5.22 Å². The van der Waals surface area contributed by atoms with Crippen LogP contribution in [0, 0.1) is 0 Å². The van der Waals surface area contributed by atoms with Crippen LogP contribution in [0.1, 0.15) is 0 Å². The van der Waals surface area contributed by atoms with Crippen molar-refractivity contribution in [1.82, 2.24) is 30.0 Å². The van der Waals surface area contributed by atoms with Crippen LogP contribution in [-0.2, 0) is 16.1 Å². The molecule has 10 nitrogen and oxygen atoms in total. The van der Waals surface area contributed by atoms with Gasteiger partial charge in [-0.25, -0.2) is 19.6 Å². The van der Waals surface area contributed by atoms with E-state index in [1.165, 1.54) is 23.5 Å². The molecule has 4 rings (SSSR count). The molecule has 2 N–H and O–H groups in total. The number of nitrogens with one attached hydrogen (secondary N) is 2. The Hall–Kier alpha value is -2.83. The first kappa shape index (κ1) is 22.4. The van der Waals surface area contributed by atoms with Crippen molar-refractivity contribution in [3.05, 3.63) is 30.5 Å². The summed E-state index contributed by atoms with van der Waals surface area (Å²) in [6.07, 6.45) is 3.66. The molecule has 3 heterocycles. The van der Waals surface area contributed by atoms with Crippen LogP contribution in [0.2, 0.25) is 0 Å². The summed E-state index contributed by atoms with van der Waals surface area (Å²) in [7, 11) is 1.66. The standard InChI is InChI=1S/C20H23N7O3S2/c1-29-10-8-22-17-13-11-23-27(18(13)26-19(25-17)31-2)9-7-21-16(28)12-32-20-24-14-5-3-4-6-15(14)30-20/h3-6,11H,7-10,12H2,1-2H3,(H,21,28)(H,22,25,26). The van der Waals surface area contributed by atoms with Crippen molar-refractivity contribution >= 4 is 57.4 Å². The van der Waals surface area contributed by atoms with Crippen molar-refractivity contribution in [3.63, 3.8) is 0 Å². The molecule has 1 amide bonds. The predicted molar refractivity (Wildman–Crippen MR) is 125 cm³/mol. The molecular weight excluding hydrogens is 450 g/mol. The number of anilines is 1. The average Bonchev–Trinajstić information content (AvgIpc) is 3.41. The van der Waals surface area contributed by atoms with Gasteiger partial charge in [-0.1, -0.05) is 35.7 Å². The minimum Gasteiger partial charge on any atom is -0.431 e. The summed E-state index contributed by atoms with van der Waals surface area (Å²) in [5, 5.41) is 12.6. The summed E-state index contributed by atoms with van der Waals surface area (Å²) in [5.74, 6) is 0.843. The third kappa shape index (κ3) is 5.31. The second-order valence-electron chi connectivity index (χ2n) is 6.67. The highest BCUT2D eigenvalue weighted by Gasteiger charge is 2.13. The Bertz CT molecular complexity index is 1180. The molecule has 0 saturated heterocycles. The number of oxazole rings is 1. The van der Waals surface area contributed by atoms with Crippen molar-refractivity contribution in [3.8, 4) is 0 Å². The van der Waals surface area contributed by atoms with Crippen LogP contribution in [0.25, 0.3) is 22.1 Å². The van der Waals surface area contributed by atoms with Crippen molar-refractivity contribution < 1.29 is 13.9 Å². The number of amides is 1. The number of nitrogens with zero attached hydrogens (tertiary/aromatic N) is 5. The van der Waals surface area contributed by atoms with E-state index < -0.39 is 0 Å². The minimum absolute atomic E-state index is 0.102. The Balaban J connectivity index is 1.33. The fourth-order valence-electron chi connectivity index (χ4n) is 2.99. The molecule has 32 heavy (non-hydrogen) atoms. The monoisotopic (exact) mass is 473 g/mol. The summed E-state index contributed by atoms with van der Waals surface area (Å²) in [4.78, 5) is 25.7. The second kappa shape index (κ2) is 10.7. The van der Waals surface area contributed by atoms with Gasteiger partial charge in [0.05, 0.1) is 30.5 Å². The number of ether oxygens (including phenoxy) is 1. The first-order valence-electron chi connectivity index (χ1n) is 9.93. The van der Waals surface area contributed by atoms with Gasteiger partial charge in [-0.3, -0.25) is 4.79 Å². The van der Waals surface area contributed by atoms with Gasteiger partial charge in [0.15, 0.2) is 16.4 Å². The molecule has 0 spiro atoms. The fourth-order valence-corrected chi connectivity index (χ4v) is 4.02. The number of thioether (sulfide) groups is 2. The van der Waals surface area contributed by atoms with Crippen LogP contribution in [-0.4, -0.2) is 69.5 Å². The molecule has 0 bridgehead atoms. The van der Waals surface area contributed by atoms with Gasteiger partial charge in [0.1, 0.15) is 11.3 Å². The van der Waals surface area contributed by atoms with Crippen LogP contribution in [0.4, 0.5) is 5.82 Å². The van der Waals surface area contributed by atoms with E-state index in [-0.39, 0.29) is 11.7 Å². The molecule has 0 radical (unpaired) electrons. The highest BCUT2D eigenvalue weighted by atomic mass is 32.2. The van der Waals surface area contributed by atoms with E-state index in [2.05, 4.69) is 30.7 Å². The largest absolute Gasteiger partial charge is 0.431 e. The number of methoxy groups -OCH3 is 1. The molecule has 3 aromatic heterocycles. The van der Waals surface area contributed by atoms with Crippen LogP contribution >= 0.6 is 23.5 Å². The van der Waals surface area contributed by atoms with Crippen LogP contribution < -0.4 is 10.6 Å². The van der Waals surface area contributed by atoms with Gasteiger partial charge < -0.3 is 19.8 Å². The molecule has 0 atom stereocenters. The van der Waals surface area contributed by atoms with Crippen molar-refractivity contribution in [1.29, 1.82) is 0 Å². The van der Waals surface area contributed by atoms with Crippen molar-refractivity contribution in [2.24, 2.45) is 0 Å². The van der Waals surface area contributed by atoms with E-state index in [1.54, 1.807) is 18.0 Å².